The average molecular weight is 397 g/mol. The number of allylic oxidation sites excluding steroid dienone is 1. The predicted octanol–water partition coefficient (Wildman–Crippen LogP) is 2.40. The number of aromatic nitrogens is 2. The number of para-hydroxylation sites is 2. The van der Waals surface area contributed by atoms with Gasteiger partial charge in [0.2, 0.25) is 5.91 Å². The molecule has 1 amide bonds. The maximum Gasteiger partial charge on any atom is 0.321 e. The molecule has 0 radical (unpaired) electrons. The van der Waals surface area contributed by atoms with Crippen LogP contribution in [-0.2, 0) is 11.3 Å². The summed E-state index contributed by atoms with van der Waals surface area (Å²) < 4.78 is 7.92. The SMILES string of the molecule is CCOc1ccccc1-n1ccn(CC(=O)NCCC2=CCCCC2)c(=O)c1=O. The number of hydrogen-bond donors (Lipinski definition) is 1. The van der Waals surface area contributed by atoms with Crippen molar-refractivity contribution in [2.45, 2.75) is 45.6 Å². The minimum Gasteiger partial charge on any atom is -0.492 e. The van der Waals surface area contributed by atoms with E-state index in [1.165, 1.54) is 35.4 Å². The second-order valence-corrected chi connectivity index (χ2v) is 7.02. The maximum atomic E-state index is 12.6. The molecule has 0 bridgehead atoms. The van der Waals surface area contributed by atoms with Crippen LogP contribution in [-0.4, -0.2) is 28.2 Å². The number of rotatable bonds is 8. The Balaban J connectivity index is 1.68. The first kappa shape index (κ1) is 20.6. The molecule has 7 heteroatoms. The molecule has 1 N–H and O–H groups in total. The van der Waals surface area contributed by atoms with Crippen molar-refractivity contribution in [3.8, 4) is 11.4 Å². The minimum atomic E-state index is -0.746. The zero-order chi connectivity index (χ0) is 20.6. The van der Waals surface area contributed by atoms with Gasteiger partial charge in [0, 0.05) is 18.9 Å². The van der Waals surface area contributed by atoms with Gasteiger partial charge in [0.15, 0.2) is 0 Å². The van der Waals surface area contributed by atoms with Gasteiger partial charge in [-0.2, -0.15) is 0 Å². The van der Waals surface area contributed by atoms with Crippen LogP contribution in [0.3, 0.4) is 0 Å². The molecular formula is C22H27N3O4. The molecular weight excluding hydrogens is 370 g/mol. The van der Waals surface area contributed by atoms with Gasteiger partial charge in [-0.25, -0.2) is 0 Å². The Kier molecular flexibility index (Phi) is 7.05. The van der Waals surface area contributed by atoms with Crippen LogP contribution in [0.1, 0.15) is 39.0 Å². The van der Waals surface area contributed by atoms with E-state index in [9.17, 15) is 14.4 Å². The van der Waals surface area contributed by atoms with Gasteiger partial charge in [-0.3, -0.25) is 23.5 Å². The third kappa shape index (κ3) is 5.25. The summed E-state index contributed by atoms with van der Waals surface area (Å²) in [5.74, 6) is 0.236. The number of nitrogens with zero attached hydrogens (tertiary/aromatic N) is 2. The summed E-state index contributed by atoms with van der Waals surface area (Å²) in [6.07, 6.45) is 10.7. The predicted molar refractivity (Wildman–Crippen MR) is 112 cm³/mol. The number of ether oxygens (including phenoxy) is 1. The topological polar surface area (TPSA) is 82.3 Å². The lowest BCUT2D eigenvalue weighted by Gasteiger charge is -2.14. The minimum absolute atomic E-state index is 0.179. The van der Waals surface area contributed by atoms with Gasteiger partial charge in [-0.05, 0) is 51.2 Å². The lowest BCUT2D eigenvalue weighted by molar-refractivity contribution is -0.121. The Morgan fingerprint density at radius 2 is 1.97 bits per heavy atom. The van der Waals surface area contributed by atoms with Crippen molar-refractivity contribution in [2.24, 2.45) is 0 Å². The second kappa shape index (κ2) is 9.91. The molecule has 0 fully saturated rings. The number of nitrogens with one attached hydrogen (secondary N) is 1. The third-order valence-corrected chi connectivity index (χ3v) is 4.95. The Morgan fingerprint density at radius 1 is 1.14 bits per heavy atom. The molecule has 1 aromatic carbocycles. The molecule has 154 valence electrons. The monoisotopic (exact) mass is 397 g/mol. The van der Waals surface area contributed by atoms with Gasteiger partial charge in [-0.15, -0.1) is 0 Å². The summed E-state index contributed by atoms with van der Waals surface area (Å²) >= 11 is 0. The molecule has 2 aromatic rings. The highest BCUT2D eigenvalue weighted by molar-refractivity contribution is 5.75. The van der Waals surface area contributed by atoms with Crippen LogP contribution >= 0.6 is 0 Å². The first-order chi connectivity index (χ1) is 14.1. The summed E-state index contributed by atoms with van der Waals surface area (Å²) in [4.78, 5) is 37.3. The van der Waals surface area contributed by atoms with E-state index >= 15 is 0 Å². The van der Waals surface area contributed by atoms with Gasteiger partial charge in [0.05, 0.1) is 12.3 Å². The highest BCUT2D eigenvalue weighted by Crippen LogP contribution is 2.21. The normalized spacial score (nSPS) is 13.6. The van der Waals surface area contributed by atoms with Crippen LogP contribution in [0.25, 0.3) is 5.69 Å². The molecule has 1 aliphatic carbocycles. The zero-order valence-corrected chi connectivity index (χ0v) is 16.7. The molecule has 29 heavy (non-hydrogen) atoms. The number of carbonyl (C=O) groups is 1. The second-order valence-electron chi connectivity index (χ2n) is 7.02. The van der Waals surface area contributed by atoms with Crippen molar-refractivity contribution < 1.29 is 9.53 Å². The highest BCUT2D eigenvalue weighted by Gasteiger charge is 2.13. The van der Waals surface area contributed by atoms with Gasteiger partial charge in [0.25, 0.3) is 0 Å². The van der Waals surface area contributed by atoms with E-state index in [1.807, 2.05) is 6.92 Å². The van der Waals surface area contributed by atoms with Gasteiger partial charge in [0.1, 0.15) is 12.3 Å². The van der Waals surface area contributed by atoms with E-state index in [4.69, 9.17) is 4.74 Å². The summed E-state index contributed by atoms with van der Waals surface area (Å²) in [5, 5.41) is 2.83. The number of carbonyl (C=O) groups excluding carboxylic acids is 1. The fraction of sp³-hybridized carbons (Fsp3) is 0.409. The molecule has 1 heterocycles. The van der Waals surface area contributed by atoms with E-state index in [0.29, 0.717) is 24.6 Å². The van der Waals surface area contributed by atoms with Crippen molar-refractivity contribution in [3.63, 3.8) is 0 Å². The molecule has 0 aliphatic heterocycles. The Hall–Kier alpha value is -3.09. The molecule has 0 saturated heterocycles. The lowest BCUT2D eigenvalue weighted by Crippen LogP contribution is -2.42. The smallest absolute Gasteiger partial charge is 0.321 e. The molecule has 1 aromatic heterocycles. The molecule has 3 rings (SSSR count). The fourth-order valence-corrected chi connectivity index (χ4v) is 3.46. The Labute approximate surface area is 169 Å². The standard InChI is InChI=1S/C22H27N3O4/c1-2-29-19-11-7-6-10-18(19)25-15-14-24(21(27)22(25)28)16-20(26)23-13-12-17-8-4-3-5-9-17/h6-8,10-11,14-15H,2-5,9,12-13,16H2,1H3,(H,23,26). The first-order valence-electron chi connectivity index (χ1n) is 10.1. The highest BCUT2D eigenvalue weighted by atomic mass is 16.5. The fourth-order valence-electron chi connectivity index (χ4n) is 3.46. The van der Waals surface area contributed by atoms with E-state index in [1.54, 1.807) is 24.3 Å². The van der Waals surface area contributed by atoms with E-state index in [0.717, 1.165) is 23.8 Å². The van der Waals surface area contributed by atoms with Crippen molar-refractivity contribution in [1.29, 1.82) is 0 Å². The molecule has 0 saturated carbocycles. The molecule has 7 nitrogen and oxygen atoms in total. The summed E-state index contributed by atoms with van der Waals surface area (Å²) in [5.41, 5.74) is 0.404. The van der Waals surface area contributed by atoms with Crippen LogP contribution in [0.5, 0.6) is 5.75 Å². The molecule has 0 unspecified atom stereocenters. The number of benzene rings is 1. The van der Waals surface area contributed by atoms with Crippen molar-refractivity contribution in [1.82, 2.24) is 14.5 Å². The van der Waals surface area contributed by atoms with Crippen LogP contribution < -0.4 is 21.2 Å². The van der Waals surface area contributed by atoms with Gasteiger partial charge >= 0.3 is 11.1 Å². The summed E-state index contributed by atoms with van der Waals surface area (Å²) in [7, 11) is 0. The van der Waals surface area contributed by atoms with Crippen LogP contribution in [0.15, 0.2) is 57.9 Å². The molecule has 1 aliphatic rings. The number of hydrogen-bond acceptors (Lipinski definition) is 4. The van der Waals surface area contributed by atoms with Gasteiger partial charge in [-0.1, -0.05) is 23.8 Å². The third-order valence-electron chi connectivity index (χ3n) is 4.95. The average Bonchev–Trinajstić information content (AvgIpc) is 2.73. The Bertz CT molecular complexity index is 1000. The summed E-state index contributed by atoms with van der Waals surface area (Å²) in [6.45, 7) is 2.65. The quantitative estimate of drug-likeness (QED) is 0.548. The summed E-state index contributed by atoms with van der Waals surface area (Å²) in [6, 6.07) is 7.02. The van der Waals surface area contributed by atoms with Crippen LogP contribution in [0.4, 0.5) is 0 Å². The zero-order valence-electron chi connectivity index (χ0n) is 16.7. The van der Waals surface area contributed by atoms with Crippen molar-refractivity contribution in [3.05, 3.63) is 69.0 Å². The van der Waals surface area contributed by atoms with Crippen LogP contribution in [0, 0.1) is 0 Å². The van der Waals surface area contributed by atoms with Crippen LogP contribution in [0.2, 0.25) is 0 Å². The molecule has 0 atom stereocenters. The largest absolute Gasteiger partial charge is 0.492 e. The number of amides is 1. The van der Waals surface area contributed by atoms with E-state index < -0.39 is 11.1 Å². The maximum absolute atomic E-state index is 12.6. The lowest BCUT2D eigenvalue weighted by atomic mass is 9.97. The van der Waals surface area contributed by atoms with E-state index in [-0.39, 0.29) is 12.5 Å². The first-order valence-corrected chi connectivity index (χ1v) is 10.1. The van der Waals surface area contributed by atoms with Crippen molar-refractivity contribution >= 4 is 5.91 Å². The van der Waals surface area contributed by atoms with Crippen molar-refractivity contribution in [2.75, 3.05) is 13.2 Å². The Morgan fingerprint density at radius 3 is 2.72 bits per heavy atom. The van der Waals surface area contributed by atoms with E-state index in [2.05, 4.69) is 11.4 Å². The van der Waals surface area contributed by atoms with Gasteiger partial charge < -0.3 is 10.1 Å². The molecule has 0 spiro atoms.